The molecule has 0 aromatic carbocycles. The van der Waals surface area contributed by atoms with Crippen LogP contribution in [0.25, 0.3) is 0 Å². The standard InChI is InChI=1S/C17H25N3O/c18-10-14-5-1-2-6-16(14)17(21)20(15-7-8-15)12-13-4-3-9-19-11-13/h3-4,9,11,14-16H,1-2,5-8,10,12,18H2. The summed E-state index contributed by atoms with van der Waals surface area (Å²) in [6, 6.07) is 4.43. The summed E-state index contributed by atoms with van der Waals surface area (Å²) in [5, 5.41) is 0. The second kappa shape index (κ2) is 6.56. The van der Waals surface area contributed by atoms with E-state index in [1.807, 2.05) is 12.3 Å². The van der Waals surface area contributed by atoms with Gasteiger partial charge in [-0.15, -0.1) is 0 Å². The molecule has 4 heteroatoms. The summed E-state index contributed by atoms with van der Waals surface area (Å²) in [4.78, 5) is 19.3. The minimum Gasteiger partial charge on any atom is -0.335 e. The minimum absolute atomic E-state index is 0.140. The Morgan fingerprint density at radius 1 is 1.29 bits per heavy atom. The van der Waals surface area contributed by atoms with Crippen LogP contribution in [0.1, 0.15) is 44.1 Å². The highest BCUT2D eigenvalue weighted by molar-refractivity contribution is 5.80. The molecule has 2 fully saturated rings. The molecule has 0 bridgehead atoms. The van der Waals surface area contributed by atoms with E-state index < -0.39 is 0 Å². The fourth-order valence-electron chi connectivity index (χ4n) is 3.49. The SMILES string of the molecule is NCC1CCCCC1C(=O)N(Cc1cccnc1)C1CC1. The molecule has 2 atom stereocenters. The maximum atomic E-state index is 13.0. The van der Waals surface area contributed by atoms with E-state index in [4.69, 9.17) is 5.73 Å². The molecule has 114 valence electrons. The Bertz CT molecular complexity index is 472. The first kappa shape index (κ1) is 14.5. The number of carbonyl (C=O) groups is 1. The summed E-state index contributed by atoms with van der Waals surface area (Å²) in [5.74, 6) is 0.846. The molecular weight excluding hydrogens is 262 g/mol. The molecule has 0 spiro atoms. The largest absolute Gasteiger partial charge is 0.335 e. The Morgan fingerprint density at radius 2 is 2.10 bits per heavy atom. The zero-order chi connectivity index (χ0) is 14.7. The Labute approximate surface area is 126 Å². The summed E-state index contributed by atoms with van der Waals surface area (Å²) in [6.07, 6.45) is 10.4. The molecule has 1 aromatic rings. The highest BCUT2D eigenvalue weighted by Crippen LogP contribution is 2.35. The van der Waals surface area contributed by atoms with Crippen LogP contribution in [0, 0.1) is 11.8 Å². The summed E-state index contributed by atoms with van der Waals surface area (Å²) < 4.78 is 0. The van der Waals surface area contributed by atoms with Crippen molar-refractivity contribution in [1.29, 1.82) is 0 Å². The number of amides is 1. The molecule has 2 N–H and O–H groups in total. The van der Waals surface area contributed by atoms with Gasteiger partial charge in [0.15, 0.2) is 0 Å². The van der Waals surface area contributed by atoms with E-state index in [1.165, 1.54) is 6.42 Å². The molecule has 0 saturated heterocycles. The maximum absolute atomic E-state index is 13.0. The van der Waals surface area contributed by atoms with Crippen LogP contribution in [-0.4, -0.2) is 28.4 Å². The van der Waals surface area contributed by atoms with Crippen molar-refractivity contribution >= 4 is 5.91 Å². The van der Waals surface area contributed by atoms with E-state index in [-0.39, 0.29) is 5.92 Å². The topological polar surface area (TPSA) is 59.2 Å². The number of hydrogen-bond donors (Lipinski definition) is 1. The van der Waals surface area contributed by atoms with Gasteiger partial charge in [-0.25, -0.2) is 0 Å². The molecule has 1 heterocycles. The van der Waals surface area contributed by atoms with Crippen LogP contribution < -0.4 is 5.73 Å². The van der Waals surface area contributed by atoms with Gasteiger partial charge in [0.05, 0.1) is 0 Å². The molecule has 21 heavy (non-hydrogen) atoms. The minimum atomic E-state index is 0.140. The normalized spacial score (nSPS) is 25.6. The number of carbonyl (C=O) groups excluding carboxylic acids is 1. The van der Waals surface area contributed by atoms with Crippen molar-refractivity contribution < 1.29 is 4.79 Å². The van der Waals surface area contributed by atoms with Crippen LogP contribution in [0.3, 0.4) is 0 Å². The van der Waals surface area contributed by atoms with Gasteiger partial charge in [0.25, 0.3) is 0 Å². The predicted octanol–water partition coefficient (Wildman–Crippen LogP) is 2.34. The Kier molecular flexibility index (Phi) is 4.54. The lowest BCUT2D eigenvalue weighted by atomic mass is 9.78. The zero-order valence-electron chi connectivity index (χ0n) is 12.6. The van der Waals surface area contributed by atoms with Gasteiger partial charge in [0.2, 0.25) is 5.91 Å². The lowest BCUT2D eigenvalue weighted by molar-refractivity contribution is -0.139. The molecular formula is C17H25N3O. The Morgan fingerprint density at radius 3 is 2.76 bits per heavy atom. The second-order valence-corrected chi connectivity index (χ2v) is 6.45. The van der Waals surface area contributed by atoms with E-state index in [9.17, 15) is 4.79 Å². The molecule has 2 unspecified atom stereocenters. The fourth-order valence-corrected chi connectivity index (χ4v) is 3.49. The summed E-state index contributed by atoms with van der Waals surface area (Å²) in [5.41, 5.74) is 7.02. The van der Waals surface area contributed by atoms with Crippen molar-refractivity contribution in [2.75, 3.05) is 6.54 Å². The molecule has 4 nitrogen and oxygen atoms in total. The van der Waals surface area contributed by atoms with Crippen LogP contribution in [0.4, 0.5) is 0 Å². The van der Waals surface area contributed by atoms with E-state index in [0.29, 0.717) is 31.0 Å². The van der Waals surface area contributed by atoms with Gasteiger partial charge < -0.3 is 10.6 Å². The smallest absolute Gasteiger partial charge is 0.226 e. The van der Waals surface area contributed by atoms with Crippen molar-refractivity contribution in [3.63, 3.8) is 0 Å². The highest BCUT2D eigenvalue weighted by Gasteiger charge is 2.39. The lowest BCUT2D eigenvalue weighted by Crippen LogP contribution is -2.43. The molecule has 1 amide bonds. The van der Waals surface area contributed by atoms with Gasteiger partial charge in [-0.1, -0.05) is 18.9 Å². The average Bonchev–Trinajstić information content (AvgIpc) is 3.37. The molecule has 3 rings (SSSR count). The predicted molar refractivity (Wildman–Crippen MR) is 82.3 cm³/mol. The van der Waals surface area contributed by atoms with E-state index in [2.05, 4.69) is 16.0 Å². The van der Waals surface area contributed by atoms with Crippen LogP contribution >= 0.6 is 0 Å². The molecule has 1 aromatic heterocycles. The Hall–Kier alpha value is -1.42. The van der Waals surface area contributed by atoms with Gasteiger partial charge in [-0.3, -0.25) is 9.78 Å². The molecule has 0 radical (unpaired) electrons. The third-order valence-electron chi connectivity index (χ3n) is 4.88. The third-order valence-corrected chi connectivity index (χ3v) is 4.88. The molecule has 2 aliphatic rings. The van der Waals surface area contributed by atoms with Gasteiger partial charge in [0, 0.05) is 30.9 Å². The number of aromatic nitrogens is 1. The third kappa shape index (κ3) is 3.43. The monoisotopic (exact) mass is 287 g/mol. The second-order valence-electron chi connectivity index (χ2n) is 6.45. The Balaban J connectivity index is 1.72. The van der Waals surface area contributed by atoms with Gasteiger partial charge in [-0.05, 0) is 49.8 Å². The number of hydrogen-bond acceptors (Lipinski definition) is 3. The summed E-state index contributed by atoms with van der Waals surface area (Å²) in [7, 11) is 0. The van der Waals surface area contributed by atoms with Crippen molar-refractivity contribution in [3.8, 4) is 0 Å². The van der Waals surface area contributed by atoms with Gasteiger partial charge in [-0.2, -0.15) is 0 Å². The van der Waals surface area contributed by atoms with E-state index in [0.717, 1.165) is 37.7 Å². The number of nitrogens with two attached hydrogens (primary N) is 1. The number of rotatable bonds is 5. The molecule has 0 aliphatic heterocycles. The quantitative estimate of drug-likeness (QED) is 0.904. The van der Waals surface area contributed by atoms with Gasteiger partial charge in [0.1, 0.15) is 0 Å². The van der Waals surface area contributed by atoms with Crippen molar-refractivity contribution in [1.82, 2.24) is 9.88 Å². The zero-order valence-corrected chi connectivity index (χ0v) is 12.6. The fraction of sp³-hybridized carbons (Fsp3) is 0.647. The van der Waals surface area contributed by atoms with Crippen LogP contribution in [-0.2, 0) is 11.3 Å². The first-order chi connectivity index (χ1) is 10.3. The highest BCUT2D eigenvalue weighted by atomic mass is 16.2. The van der Waals surface area contributed by atoms with E-state index >= 15 is 0 Å². The maximum Gasteiger partial charge on any atom is 0.226 e. The van der Waals surface area contributed by atoms with Crippen molar-refractivity contribution in [3.05, 3.63) is 30.1 Å². The molecule has 2 saturated carbocycles. The van der Waals surface area contributed by atoms with Crippen molar-refractivity contribution in [2.45, 2.75) is 51.1 Å². The average molecular weight is 287 g/mol. The van der Waals surface area contributed by atoms with Crippen molar-refractivity contribution in [2.24, 2.45) is 17.6 Å². The first-order valence-electron chi connectivity index (χ1n) is 8.19. The lowest BCUT2D eigenvalue weighted by Gasteiger charge is -2.34. The van der Waals surface area contributed by atoms with Crippen LogP contribution in [0.15, 0.2) is 24.5 Å². The van der Waals surface area contributed by atoms with Crippen LogP contribution in [0.5, 0.6) is 0 Å². The number of nitrogens with zero attached hydrogens (tertiary/aromatic N) is 2. The van der Waals surface area contributed by atoms with Crippen LogP contribution in [0.2, 0.25) is 0 Å². The van der Waals surface area contributed by atoms with Gasteiger partial charge >= 0.3 is 0 Å². The molecule has 2 aliphatic carbocycles. The van der Waals surface area contributed by atoms with E-state index in [1.54, 1.807) is 6.20 Å². The number of pyridine rings is 1. The summed E-state index contributed by atoms with van der Waals surface area (Å²) >= 11 is 0. The first-order valence-corrected chi connectivity index (χ1v) is 8.19. The summed E-state index contributed by atoms with van der Waals surface area (Å²) in [6.45, 7) is 1.34.